The van der Waals surface area contributed by atoms with Gasteiger partial charge in [-0.15, -0.1) is 0 Å². The second-order valence-corrected chi connectivity index (χ2v) is 8.72. The predicted molar refractivity (Wildman–Crippen MR) is 118 cm³/mol. The van der Waals surface area contributed by atoms with E-state index in [9.17, 15) is 19.1 Å². The van der Waals surface area contributed by atoms with Crippen molar-refractivity contribution in [3.05, 3.63) is 41.6 Å². The maximum Gasteiger partial charge on any atom is 0.272 e. The van der Waals surface area contributed by atoms with Gasteiger partial charge in [0.05, 0.1) is 12.3 Å². The van der Waals surface area contributed by atoms with E-state index in [1.165, 1.54) is 6.20 Å². The lowest BCUT2D eigenvalue weighted by molar-refractivity contribution is 0.00926. The Hall–Kier alpha value is -2.99. The molecule has 2 atom stereocenters. The molecule has 3 N–H and O–H groups in total. The Balaban J connectivity index is 1.55. The quantitative estimate of drug-likeness (QED) is 0.536. The van der Waals surface area contributed by atoms with Crippen molar-refractivity contribution in [2.75, 3.05) is 23.8 Å². The molecule has 9 heteroatoms. The first-order chi connectivity index (χ1) is 15.3. The van der Waals surface area contributed by atoms with E-state index >= 15 is 0 Å². The van der Waals surface area contributed by atoms with E-state index in [2.05, 4.69) is 26.7 Å². The van der Waals surface area contributed by atoms with Crippen molar-refractivity contribution in [2.24, 2.45) is 5.41 Å². The predicted octanol–water partition coefficient (Wildman–Crippen LogP) is 4.00. The summed E-state index contributed by atoms with van der Waals surface area (Å²) >= 11 is 0. The largest absolute Gasteiger partial charge is 0.488 e. The van der Waals surface area contributed by atoms with Gasteiger partial charge < -0.3 is 20.5 Å². The molecular formula is C23H29F2N5O2. The lowest BCUT2D eigenvalue weighted by atomic mass is 9.73. The summed E-state index contributed by atoms with van der Waals surface area (Å²) in [5, 5.41) is 26.1. The minimum Gasteiger partial charge on any atom is -0.488 e. The number of aromatic nitrogens is 2. The number of hydrogen-bond acceptors (Lipinski definition) is 7. The summed E-state index contributed by atoms with van der Waals surface area (Å²) < 4.78 is 29.4. The molecule has 0 amide bonds. The highest BCUT2D eigenvalue weighted by Crippen LogP contribution is 2.36. The third-order valence-electron chi connectivity index (χ3n) is 5.71. The van der Waals surface area contributed by atoms with E-state index in [-0.39, 0.29) is 17.6 Å². The van der Waals surface area contributed by atoms with E-state index in [1.807, 2.05) is 26.0 Å². The number of nitrogens with zero attached hydrogens (tertiary/aromatic N) is 3. The molecule has 1 aromatic carbocycles. The van der Waals surface area contributed by atoms with Crippen LogP contribution in [0.1, 0.15) is 44.2 Å². The highest BCUT2D eigenvalue weighted by atomic mass is 19.3. The SMILES string of the molecule is CC1(C)C[C@H](Nc2nc(NCCc3ccc(OCC(F)F)cc3)ncc2C#N)CC[C@@H]1O. The molecule has 2 aromatic rings. The molecule has 3 rings (SSSR count). The van der Waals surface area contributed by atoms with Gasteiger partial charge in [-0.2, -0.15) is 10.2 Å². The van der Waals surface area contributed by atoms with Gasteiger partial charge in [-0.05, 0) is 48.8 Å². The van der Waals surface area contributed by atoms with Gasteiger partial charge in [0.25, 0.3) is 6.43 Å². The van der Waals surface area contributed by atoms with Crippen LogP contribution >= 0.6 is 0 Å². The fourth-order valence-electron chi connectivity index (χ4n) is 3.83. The van der Waals surface area contributed by atoms with Crippen molar-refractivity contribution < 1.29 is 18.6 Å². The van der Waals surface area contributed by atoms with Crippen LogP contribution in [0.4, 0.5) is 20.5 Å². The Morgan fingerprint density at radius 2 is 2.03 bits per heavy atom. The summed E-state index contributed by atoms with van der Waals surface area (Å²) in [4.78, 5) is 8.70. The van der Waals surface area contributed by atoms with Crippen LogP contribution in [-0.2, 0) is 6.42 Å². The average Bonchev–Trinajstić information content (AvgIpc) is 2.76. The first-order valence-electron chi connectivity index (χ1n) is 10.7. The number of nitrogens with one attached hydrogen (secondary N) is 2. The molecule has 1 aliphatic carbocycles. The van der Waals surface area contributed by atoms with Gasteiger partial charge in [-0.3, -0.25) is 0 Å². The van der Waals surface area contributed by atoms with Crippen LogP contribution in [0.2, 0.25) is 0 Å². The molecule has 32 heavy (non-hydrogen) atoms. The molecule has 7 nitrogen and oxygen atoms in total. The lowest BCUT2D eigenvalue weighted by Crippen LogP contribution is -2.41. The third kappa shape index (κ3) is 6.50. The molecule has 1 aliphatic rings. The molecule has 1 aromatic heterocycles. The van der Waals surface area contributed by atoms with Crippen molar-refractivity contribution in [3.8, 4) is 11.8 Å². The first-order valence-corrected chi connectivity index (χ1v) is 10.7. The molecule has 0 unspecified atom stereocenters. The summed E-state index contributed by atoms with van der Waals surface area (Å²) in [5.74, 6) is 1.31. The van der Waals surface area contributed by atoms with E-state index in [0.717, 1.165) is 18.4 Å². The van der Waals surface area contributed by atoms with Gasteiger partial charge >= 0.3 is 0 Å². The summed E-state index contributed by atoms with van der Waals surface area (Å²) in [5.41, 5.74) is 1.19. The molecule has 172 valence electrons. The molecule has 0 saturated heterocycles. The highest BCUT2D eigenvalue weighted by molar-refractivity contribution is 5.54. The zero-order chi connectivity index (χ0) is 23.1. The van der Waals surface area contributed by atoms with Gasteiger partial charge in [0, 0.05) is 12.6 Å². The Kier molecular flexibility index (Phi) is 7.80. The van der Waals surface area contributed by atoms with E-state index in [1.54, 1.807) is 12.1 Å². The number of rotatable bonds is 9. The van der Waals surface area contributed by atoms with Crippen molar-refractivity contribution in [1.29, 1.82) is 5.26 Å². The van der Waals surface area contributed by atoms with Crippen LogP contribution in [0.5, 0.6) is 5.75 Å². The second-order valence-electron chi connectivity index (χ2n) is 8.72. The fraction of sp³-hybridized carbons (Fsp3) is 0.522. The minimum absolute atomic E-state index is 0.119. The monoisotopic (exact) mass is 445 g/mol. The van der Waals surface area contributed by atoms with Gasteiger partial charge in [-0.1, -0.05) is 26.0 Å². The number of aliphatic hydroxyl groups is 1. The topological polar surface area (TPSA) is 103 Å². The summed E-state index contributed by atoms with van der Waals surface area (Å²) in [7, 11) is 0. The Labute approximate surface area is 186 Å². The summed E-state index contributed by atoms with van der Waals surface area (Å²) in [6.45, 7) is 4.03. The van der Waals surface area contributed by atoms with Crippen molar-refractivity contribution in [2.45, 2.75) is 58.1 Å². The maximum absolute atomic E-state index is 12.2. The summed E-state index contributed by atoms with van der Waals surface area (Å²) in [6, 6.07) is 9.23. The number of nitriles is 1. The lowest BCUT2D eigenvalue weighted by Gasteiger charge is -2.40. The standard InChI is InChI=1S/C23H29F2N5O2/c1-23(2)11-17(5-8-19(23)31)29-21-16(12-26)13-28-22(30-21)27-10-9-15-3-6-18(7-4-15)32-14-20(24)25/h3-4,6-7,13,17,19-20,31H,5,8-11,14H2,1-2H3,(H2,27,28,29,30)/t17-,19+/m1/s1. The number of benzene rings is 1. The first kappa shape index (κ1) is 23.7. The molecule has 0 radical (unpaired) electrons. The van der Waals surface area contributed by atoms with Crippen LogP contribution < -0.4 is 15.4 Å². The number of anilines is 2. The van der Waals surface area contributed by atoms with Crippen LogP contribution in [-0.4, -0.2) is 46.8 Å². The molecular weight excluding hydrogens is 416 g/mol. The zero-order valence-electron chi connectivity index (χ0n) is 18.3. The van der Waals surface area contributed by atoms with E-state index < -0.39 is 13.0 Å². The smallest absolute Gasteiger partial charge is 0.272 e. The van der Waals surface area contributed by atoms with E-state index in [0.29, 0.717) is 42.5 Å². The van der Waals surface area contributed by atoms with Gasteiger partial charge in [-0.25, -0.2) is 13.8 Å². The summed E-state index contributed by atoms with van der Waals surface area (Å²) in [6.07, 6.45) is 1.63. The third-order valence-corrected chi connectivity index (χ3v) is 5.71. The maximum atomic E-state index is 12.2. The normalized spacial score (nSPS) is 19.9. The molecule has 0 aliphatic heterocycles. The van der Waals surface area contributed by atoms with Gasteiger partial charge in [0.1, 0.15) is 29.8 Å². The molecule has 0 spiro atoms. The number of halogens is 2. The molecule has 1 heterocycles. The van der Waals surface area contributed by atoms with Gasteiger partial charge in [0.2, 0.25) is 5.95 Å². The van der Waals surface area contributed by atoms with Crippen molar-refractivity contribution in [3.63, 3.8) is 0 Å². The van der Waals surface area contributed by atoms with Crippen molar-refractivity contribution in [1.82, 2.24) is 9.97 Å². The Bertz CT molecular complexity index is 931. The zero-order valence-corrected chi connectivity index (χ0v) is 18.3. The highest BCUT2D eigenvalue weighted by Gasteiger charge is 2.35. The Morgan fingerprint density at radius 3 is 2.69 bits per heavy atom. The molecule has 1 fully saturated rings. The van der Waals surface area contributed by atoms with Gasteiger partial charge in [0.15, 0.2) is 0 Å². The van der Waals surface area contributed by atoms with Crippen LogP contribution in [0.15, 0.2) is 30.5 Å². The van der Waals surface area contributed by atoms with Crippen molar-refractivity contribution >= 4 is 11.8 Å². The second kappa shape index (κ2) is 10.6. The number of aliphatic hydroxyl groups excluding tert-OH is 1. The average molecular weight is 446 g/mol. The molecule has 1 saturated carbocycles. The number of alkyl halides is 2. The van der Waals surface area contributed by atoms with E-state index in [4.69, 9.17) is 4.74 Å². The van der Waals surface area contributed by atoms with Crippen LogP contribution in [0.25, 0.3) is 0 Å². The number of hydrogen-bond donors (Lipinski definition) is 3. The Morgan fingerprint density at radius 1 is 1.28 bits per heavy atom. The van der Waals surface area contributed by atoms with Crippen LogP contribution in [0, 0.1) is 16.7 Å². The van der Waals surface area contributed by atoms with Crippen LogP contribution in [0.3, 0.4) is 0 Å². The number of ether oxygens (including phenoxy) is 1. The minimum atomic E-state index is -2.50. The molecule has 0 bridgehead atoms. The fourth-order valence-corrected chi connectivity index (χ4v) is 3.83.